The summed E-state index contributed by atoms with van der Waals surface area (Å²) in [5.74, 6) is -0.499. The summed E-state index contributed by atoms with van der Waals surface area (Å²) in [5.41, 5.74) is 6.09. The van der Waals surface area contributed by atoms with Gasteiger partial charge in [0.2, 0.25) is 0 Å². The van der Waals surface area contributed by atoms with E-state index in [1.807, 2.05) is 24.3 Å². The molecule has 0 spiro atoms. The first-order chi connectivity index (χ1) is 14.4. The van der Waals surface area contributed by atoms with E-state index in [9.17, 15) is 10.1 Å². The second-order valence-electron chi connectivity index (χ2n) is 7.13. The van der Waals surface area contributed by atoms with Gasteiger partial charge in [0.25, 0.3) is 5.91 Å². The number of nitriles is 1. The molecule has 0 aliphatic heterocycles. The number of nitrogens with one attached hydrogen (secondary N) is 1. The highest BCUT2D eigenvalue weighted by Crippen LogP contribution is 2.25. The van der Waals surface area contributed by atoms with Crippen LogP contribution in [0.1, 0.15) is 27.8 Å². The van der Waals surface area contributed by atoms with Crippen LogP contribution < -0.4 is 5.32 Å². The average Bonchev–Trinajstić information content (AvgIpc) is 2.69. The quantitative estimate of drug-likeness (QED) is 0.321. The number of carbonyl (C=O) groups is 1. The second kappa shape index (κ2) is 9.75. The number of anilines is 1. The first-order valence-electron chi connectivity index (χ1n) is 9.39. The number of hydrogen-bond acceptors (Lipinski definition) is 2. The molecule has 3 rings (SSSR count). The third-order valence-corrected chi connectivity index (χ3v) is 5.62. The molecular formula is C25H20BrClN2O. The molecule has 0 heterocycles. The van der Waals surface area contributed by atoms with Gasteiger partial charge in [0.15, 0.2) is 0 Å². The lowest BCUT2D eigenvalue weighted by Crippen LogP contribution is -2.13. The van der Waals surface area contributed by atoms with Gasteiger partial charge in [-0.25, -0.2) is 0 Å². The maximum Gasteiger partial charge on any atom is 0.266 e. The van der Waals surface area contributed by atoms with Gasteiger partial charge in [-0.05, 0) is 61.2 Å². The molecule has 30 heavy (non-hydrogen) atoms. The van der Waals surface area contributed by atoms with Crippen molar-refractivity contribution in [2.24, 2.45) is 0 Å². The van der Waals surface area contributed by atoms with Gasteiger partial charge < -0.3 is 5.32 Å². The molecule has 0 aliphatic rings. The maximum absolute atomic E-state index is 12.5. The number of amides is 1. The average molecular weight is 480 g/mol. The first kappa shape index (κ1) is 21.8. The van der Waals surface area contributed by atoms with Crippen molar-refractivity contribution in [2.45, 2.75) is 20.3 Å². The molecule has 0 saturated carbocycles. The highest BCUT2D eigenvalue weighted by Gasteiger charge is 2.12. The fourth-order valence-electron chi connectivity index (χ4n) is 3.26. The van der Waals surface area contributed by atoms with Gasteiger partial charge in [0, 0.05) is 4.47 Å². The minimum Gasteiger partial charge on any atom is -0.320 e. The highest BCUT2D eigenvalue weighted by molar-refractivity contribution is 9.10. The van der Waals surface area contributed by atoms with Crippen LogP contribution in [0.2, 0.25) is 5.02 Å². The van der Waals surface area contributed by atoms with Crippen LogP contribution in [0.3, 0.4) is 0 Å². The Morgan fingerprint density at radius 1 is 1.10 bits per heavy atom. The predicted molar refractivity (Wildman–Crippen MR) is 127 cm³/mol. The largest absolute Gasteiger partial charge is 0.320 e. The fraction of sp³-hybridized carbons (Fsp3) is 0.120. The van der Waals surface area contributed by atoms with E-state index in [2.05, 4.69) is 53.3 Å². The molecule has 0 fully saturated rings. The van der Waals surface area contributed by atoms with Crippen molar-refractivity contribution in [3.05, 3.63) is 104 Å². The number of hydrogen-bond donors (Lipinski definition) is 1. The van der Waals surface area contributed by atoms with Crippen LogP contribution in [-0.2, 0) is 11.2 Å². The van der Waals surface area contributed by atoms with Crippen molar-refractivity contribution in [3.63, 3.8) is 0 Å². The molecule has 1 amide bonds. The zero-order valence-electron chi connectivity index (χ0n) is 16.7. The van der Waals surface area contributed by atoms with Crippen molar-refractivity contribution in [1.29, 1.82) is 5.26 Å². The highest BCUT2D eigenvalue weighted by atomic mass is 79.9. The zero-order chi connectivity index (χ0) is 21.7. The molecule has 0 aromatic heterocycles. The van der Waals surface area contributed by atoms with Gasteiger partial charge in [0.1, 0.15) is 11.6 Å². The van der Waals surface area contributed by atoms with E-state index in [0.29, 0.717) is 10.7 Å². The monoisotopic (exact) mass is 478 g/mol. The van der Waals surface area contributed by atoms with E-state index in [-0.39, 0.29) is 5.57 Å². The van der Waals surface area contributed by atoms with E-state index in [1.165, 1.54) is 16.7 Å². The Hall–Kier alpha value is -2.87. The second-order valence-corrected chi connectivity index (χ2v) is 8.39. The van der Waals surface area contributed by atoms with Gasteiger partial charge in [0.05, 0.1) is 10.7 Å². The fourth-order valence-corrected chi connectivity index (χ4v) is 3.97. The Kier molecular flexibility index (Phi) is 7.10. The van der Waals surface area contributed by atoms with Gasteiger partial charge in [-0.15, -0.1) is 0 Å². The Labute approximate surface area is 190 Å². The molecule has 3 nitrogen and oxygen atoms in total. The van der Waals surface area contributed by atoms with E-state index in [1.54, 1.807) is 30.3 Å². The Morgan fingerprint density at radius 2 is 1.80 bits per heavy atom. The van der Waals surface area contributed by atoms with E-state index in [4.69, 9.17) is 11.6 Å². The van der Waals surface area contributed by atoms with Crippen molar-refractivity contribution in [1.82, 2.24) is 0 Å². The van der Waals surface area contributed by atoms with Crippen LogP contribution in [0.4, 0.5) is 5.69 Å². The summed E-state index contributed by atoms with van der Waals surface area (Å²) in [5, 5.41) is 12.5. The standard InChI is InChI=1S/C25H20BrClN2O/c1-16-9-17(2)11-19(10-16)13-20-8-7-18(14-22(20)26)12-21(15-28)25(30)29-24-6-4-3-5-23(24)27/h3-12,14H,13H2,1-2H3,(H,29,30)/b21-12+. The summed E-state index contributed by atoms with van der Waals surface area (Å²) >= 11 is 9.70. The Morgan fingerprint density at radius 3 is 2.43 bits per heavy atom. The molecule has 0 unspecified atom stereocenters. The molecule has 0 aliphatic carbocycles. The summed E-state index contributed by atoms with van der Waals surface area (Å²) in [6.07, 6.45) is 2.36. The lowest BCUT2D eigenvalue weighted by atomic mass is 9.99. The maximum atomic E-state index is 12.5. The van der Waals surface area contributed by atoms with Crippen molar-refractivity contribution in [3.8, 4) is 6.07 Å². The van der Waals surface area contributed by atoms with Gasteiger partial charge in [-0.2, -0.15) is 5.26 Å². The minimum absolute atomic E-state index is 0.00359. The molecule has 0 bridgehead atoms. The third kappa shape index (κ3) is 5.60. The molecule has 0 radical (unpaired) electrons. The Bertz CT molecular complexity index is 1160. The van der Waals surface area contributed by atoms with Crippen molar-refractivity contribution in [2.75, 3.05) is 5.32 Å². The van der Waals surface area contributed by atoms with Crippen LogP contribution in [0.25, 0.3) is 6.08 Å². The normalized spacial score (nSPS) is 11.1. The number of halogens is 2. The first-order valence-corrected chi connectivity index (χ1v) is 10.6. The summed E-state index contributed by atoms with van der Waals surface area (Å²) < 4.78 is 0.930. The molecule has 3 aromatic carbocycles. The van der Waals surface area contributed by atoms with Crippen LogP contribution >= 0.6 is 27.5 Å². The van der Waals surface area contributed by atoms with E-state index >= 15 is 0 Å². The summed E-state index contributed by atoms with van der Waals surface area (Å²) in [7, 11) is 0. The molecule has 5 heteroatoms. The topological polar surface area (TPSA) is 52.9 Å². The van der Waals surface area contributed by atoms with Gasteiger partial charge in [-0.3, -0.25) is 4.79 Å². The number of aryl methyl sites for hydroxylation is 2. The lowest BCUT2D eigenvalue weighted by molar-refractivity contribution is -0.112. The lowest BCUT2D eigenvalue weighted by Gasteiger charge is -2.09. The van der Waals surface area contributed by atoms with Crippen LogP contribution in [0.15, 0.2) is 70.7 Å². The number of benzene rings is 3. The number of para-hydroxylation sites is 1. The predicted octanol–water partition coefficient (Wildman–Crippen LogP) is 6.86. The zero-order valence-corrected chi connectivity index (χ0v) is 19.0. The van der Waals surface area contributed by atoms with Crippen LogP contribution in [0.5, 0.6) is 0 Å². The van der Waals surface area contributed by atoms with Gasteiger partial charge >= 0.3 is 0 Å². The smallest absolute Gasteiger partial charge is 0.266 e. The summed E-state index contributed by atoms with van der Waals surface area (Å²) in [6, 6.07) is 21.2. The molecular weight excluding hydrogens is 460 g/mol. The number of carbonyl (C=O) groups excluding carboxylic acids is 1. The molecule has 3 aromatic rings. The molecule has 0 atom stereocenters. The third-order valence-electron chi connectivity index (χ3n) is 4.55. The van der Waals surface area contributed by atoms with E-state index < -0.39 is 5.91 Å². The van der Waals surface area contributed by atoms with Crippen molar-refractivity contribution < 1.29 is 4.79 Å². The molecule has 150 valence electrons. The number of nitrogens with zero attached hydrogens (tertiary/aromatic N) is 1. The number of rotatable bonds is 5. The summed E-state index contributed by atoms with van der Waals surface area (Å²) in [4.78, 5) is 12.5. The van der Waals surface area contributed by atoms with Gasteiger partial charge in [-0.1, -0.05) is 81.1 Å². The molecule has 1 N–H and O–H groups in total. The minimum atomic E-state index is -0.499. The SMILES string of the molecule is Cc1cc(C)cc(Cc2ccc(/C=C(\C#N)C(=O)Nc3ccccc3Cl)cc2Br)c1. The molecule has 0 saturated heterocycles. The van der Waals surface area contributed by atoms with Crippen molar-refractivity contribution >= 4 is 45.2 Å². The summed E-state index contributed by atoms with van der Waals surface area (Å²) in [6.45, 7) is 4.19. The van der Waals surface area contributed by atoms with Crippen LogP contribution in [-0.4, -0.2) is 5.91 Å². The Balaban J connectivity index is 1.80. The van der Waals surface area contributed by atoms with E-state index in [0.717, 1.165) is 22.0 Å². The van der Waals surface area contributed by atoms with Crippen LogP contribution in [0, 0.1) is 25.2 Å².